The highest BCUT2D eigenvalue weighted by Crippen LogP contribution is 2.33. The van der Waals surface area contributed by atoms with Crippen LogP contribution in [-0.4, -0.2) is 54.0 Å². The molecule has 1 saturated heterocycles. The second-order valence-electron chi connectivity index (χ2n) is 5.70. The lowest BCUT2D eigenvalue weighted by Gasteiger charge is -2.40. The minimum absolute atomic E-state index is 0.0438. The molecule has 0 unspecified atom stereocenters. The molecule has 1 aliphatic heterocycles. The number of likely N-dealkylation sites (tertiary alicyclic amines) is 1. The van der Waals surface area contributed by atoms with Crippen LogP contribution in [0.4, 0.5) is 8.78 Å². The zero-order chi connectivity index (χ0) is 12.4. The normalized spacial score (nSPS) is 24.2. The molecule has 1 aliphatic carbocycles. The Balaban J connectivity index is 1.80. The first kappa shape index (κ1) is 13.2. The third-order valence-electron chi connectivity index (χ3n) is 3.94. The van der Waals surface area contributed by atoms with Gasteiger partial charge in [0.15, 0.2) is 0 Å². The van der Waals surface area contributed by atoms with Crippen LogP contribution in [0.25, 0.3) is 0 Å². The lowest BCUT2D eigenvalue weighted by atomic mass is 10.0. The van der Waals surface area contributed by atoms with Gasteiger partial charge in [-0.3, -0.25) is 9.80 Å². The fourth-order valence-electron chi connectivity index (χ4n) is 3.11. The van der Waals surface area contributed by atoms with Crippen LogP contribution in [-0.2, 0) is 0 Å². The van der Waals surface area contributed by atoms with Gasteiger partial charge in [-0.25, -0.2) is 8.78 Å². The fourth-order valence-corrected chi connectivity index (χ4v) is 3.11. The van der Waals surface area contributed by atoms with Crippen molar-refractivity contribution in [2.75, 3.05) is 19.6 Å². The highest BCUT2D eigenvalue weighted by molar-refractivity contribution is 4.92. The predicted octanol–water partition coefficient (Wildman–Crippen LogP) is 2.59. The third-order valence-corrected chi connectivity index (χ3v) is 3.94. The van der Waals surface area contributed by atoms with Crippen molar-refractivity contribution in [3.05, 3.63) is 0 Å². The van der Waals surface area contributed by atoms with Crippen molar-refractivity contribution >= 4 is 0 Å². The van der Waals surface area contributed by atoms with Gasteiger partial charge >= 0.3 is 0 Å². The topological polar surface area (TPSA) is 6.48 Å². The van der Waals surface area contributed by atoms with Gasteiger partial charge in [-0.1, -0.05) is 0 Å². The van der Waals surface area contributed by atoms with Crippen molar-refractivity contribution in [1.29, 1.82) is 0 Å². The van der Waals surface area contributed by atoms with Crippen LogP contribution in [0.3, 0.4) is 0 Å². The van der Waals surface area contributed by atoms with Gasteiger partial charge < -0.3 is 0 Å². The summed E-state index contributed by atoms with van der Waals surface area (Å²) in [5.74, 6) is 0. The van der Waals surface area contributed by atoms with Gasteiger partial charge in [0.05, 0.1) is 6.54 Å². The molecule has 2 nitrogen and oxygen atoms in total. The van der Waals surface area contributed by atoms with Crippen molar-refractivity contribution in [3.63, 3.8) is 0 Å². The SMILES string of the molecule is CC(C)N(C1CC1)C1CCN(CC(F)F)CC1. The molecule has 0 N–H and O–H groups in total. The first-order valence-corrected chi connectivity index (χ1v) is 6.86. The number of nitrogens with zero attached hydrogens (tertiary/aromatic N) is 2. The minimum atomic E-state index is -2.18. The Morgan fingerprint density at radius 1 is 1.06 bits per heavy atom. The molecule has 100 valence electrons. The summed E-state index contributed by atoms with van der Waals surface area (Å²) < 4.78 is 24.6. The van der Waals surface area contributed by atoms with Gasteiger partial charge in [-0.15, -0.1) is 0 Å². The molecule has 0 radical (unpaired) electrons. The maximum Gasteiger partial charge on any atom is 0.251 e. The molecular formula is C13H24F2N2. The summed E-state index contributed by atoms with van der Waals surface area (Å²) in [6.45, 7) is 6.14. The van der Waals surface area contributed by atoms with E-state index in [0.29, 0.717) is 12.1 Å². The molecule has 2 aliphatic rings. The first-order chi connectivity index (χ1) is 8.08. The second-order valence-corrected chi connectivity index (χ2v) is 5.70. The number of hydrogen-bond acceptors (Lipinski definition) is 2. The highest BCUT2D eigenvalue weighted by Gasteiger charge is 2.36. The van der Waals surface area contributed by atoms with Crippen LogP contribution < -0.4 is 0 Å². The molecule has 0 aromatic carbocycles. The second kappa shape index (κ2) is 5.61. The van der Waals surface area contributed by atoms with E-state index in [4.69, 9.17) is 0 Å². The Hall–Kier alpha value is -0.220. The van der Waals surface area contributed by atoms with Crippen molar-refractivity contribution in [2.45, 2.75) is 64.1 Å². The van der Waals surface area contributed by atoms with Crippen molar-refractivity contribution in [1.82, 2.24) is 9.80 Å². The molecule has 0 aromatic rings. The first-order valence-electron chi connectivity index (χ1n) is 6.86. The van der Waals surface area contributed by atoms with E-state index in [2.05, 4.69) is 18.7 Å². The van der Waals surface area contributed by atoms with Crippen LogP contribution in [0.5, 0.6) is 0 Å². The van der Waals surface area contributed by atoms with Gasteiger partial charge in [-0.05, 0) is 52.6 Å². The molecule has 0 atom stereocenters. The zero-order valence-electron chi connectivity index (χ0n) is 10.9. The van der Waals surface area contributed by atoms with Crippen molar-refractivity contribution in [2.24, 2.45) is 0 Å². The van der Waals surface area contributed by atoms with Gasteiger partial charge in [0.25, 0.3) is 6.43 Å². The van der Waals surface area contributed by atoms with Crippen LogP contribution in [0, 0.1) is 0 Å². The summed E-state index contributed by atoms with van der Waals surface area (Å²) in [7, 11) is 0. The lowest BCUT2D eigenvalue weighted by molar-refractivity contribution is 0.0413. The molecule has 0 amide bonds. The summed E-state index contributed by atoms with van der Waals surface area (Å²) in [4.78, 5) is 4.53. The number of rotatable bonds is 5. The predicted molar refractivity (Wildman–Crippen MR) is 65.5 cm³/mol. The molecule has 17 heavy (non-hydrogen) atoms. The standard InChI is InChI=1S/C13H24F2N2/c1-10(2)17(11-3-4-11)12-5-7-16(8-6-12)9-13(14)15/h10-13H,3-9H2,1-2H3. The molecule has 4 heteroatoms. The van der Waals surface area contributed by atoms with E-state index in [1.54, 1.807) is 0 Å². The Morgan fingerprint density at radius 2 is 1.59 bits per heavy atom. The Morgan fingerprint density at radius 3 is 2.00 bits per heavy atom. The third kappa shape index (κ3) is 3.62. The van der Waals surface area contributed by atoms with Crippen LogP contribution in [0.1, 0.15) is 39.5 Å². The molecule has 0 spiro atoms. The van der Waals surface area contributed by atoms with E-state index in [-0.39, 0.29) is 6.54 Å². The van der Waals surface area contributed by atoms with Gasteiger partial charge in [0.2, 0.25) is 0 Å². The summed E-state index contributed by atoms with van der Waals surface area (Å²) >= 11 is 0. The van der Waals surface area contributed by atoms with E-state index in [0.717, 1.165) is 32.0 Å². The fraction of sp³-hybridized carbons (Fsp3) is 1.00. The van der Waals surface area contributed by atoms with Gasteiger partial charge in [0, 0.05) is 18.1 Å². The van der Waals surface area contributed by atoms with Gasteiger partial charge in [0.1, 0.15) is 0 Å². The minimum Gasteiger partial charge on any atom is -0.298 e. The van der Waals surface area contributed by atoms with Crippen molar-refractivity contribution < 1.29 is 8.78 Å². The van der Waals surface area contributed by atoms with Crippen LogP contribution in [0.15, 0.2) is 0 Å². The maximum atomic E-state index is 12.3. The highest BCUT2D eigenvalue weighted by atomic mass is 19.3. The largest absolute Gasteiger partial charge is 0.298 e. The Labute approximate surface area is 103 Å². The van der Waals surface area contributed by atoms with Crippen LogP contribution in [0.2, 0.25) is 0 Å². The quantitative estimate of drug-likeness (QED) is 0.735. The van der Waals surface area contributed by atoms with E-state index in [1.807, 2.05) is 4.90 Å². The molecule has 2 rings (SSSR count). The Kier molecular flexibility index (Phi) is 4.36. The molecular weight excluding hydrogens is 222 g/mol. The molecule has 1 saturated carbocycles. The number of hydrogen-bond donors (Lipinski definition) is 0. The maximum absolute atomic E-state index is 12.3. The molecule has 2 fully saturated rings. The smallest absolute Gasteiger partial charge is 0.251 e. The number of halogens is 2. The molecule has 0 bridgehead atoms. The zero-order valence-corrected chi connectivity index (χ0v) is 10.9. The summed E-state index contributed by atoms with van der Waals surface area (Å²) in [5.41, 5.74) is 0. The van der Waals surface area contributed by atoms with Crippen LogP contribution >= 0.6 is 0 Å². The van der Waals surface area contributed by atoms with E-state index < -0.39 is 6.43 Å². The van der Waals surface area contributed by atoms with Crippen molar-refractivity contribution in [3.8, 4) is 0 Å². The summed E-state index contributed by atoms with van der Waals surface area (Å²) in [6, 6.07) is 1.99. The summed E-state index contributed by atoms with van der Waals surface area (Å²) in [5, 5.41) is 0. The average Bonchev–Trinajstić information content (AvgIpc) is 3.04. The van der Waals surface area contributed by atoms with E-state index in [1.165, 1.54) is 12.8 Å². The lowest BCUT2D eigenvalue weighted by Crippen LogP contribution is -2.49. The van der Waals surface area contributed by atoms with E-state index in [9.17, 15) is 8.78 Å². The monoisotopic (exact) mass is 246 g/mol. The Bertz CT molecular complexity index is 232. The molecule has 1 heterocycles. The summed E-state index contributed by atoms with van der Waals surface area (Å²) in [6.07, 6.45) is 2.59. The van der Waals surface area contributed by atoms with Gasteiger partial charge in [-0.2, -0.15) is 0 Å². The average molecular weight is 246 g/mol. The molecule has 0 aromatic heterocycles. The van der Waals surface area contributed by atoms with E-state index >= 15 is 0 Å². The number of piperidine rings is 1. The number of alkyl halides is 2.